The van der Waals surface area contributed by atoms with Gasteiger partial charge >= 0.3 is 0 Å². The fourth-order valence-corrected chi connectivity index (χ4v) is 2.62. The molecule has 0 unspecified atom stereocenters. The van der Waals surface area contributed by atoms with E-state index in [1.165, 1.54) is 22.3 Å². The molecule has 124 valence electrons. The van der Waals surface area contributed by atoms with E-state index >= 15 is 0 Å². The highest BCUT2D eigenvalue weighted by molar-refractivity contribution is 5.65. The Balaban J connectivity index is 2.92. The molecule has 1 aromatic carbocycles. The Kier molecular flexibility index (Phi) is 7.53. The highest BCUT2D eigenvalue weighted by Crippen LogP contribution is 2.22. The zero-order chi connectivity index (χ0) is 17.4. The fraction of sp³-hybridized carbons (Fsp3) is 0.381. The molecule has 2 nitrogen and oxygen atoms in total. The number of allylic oxidation sites excluding steroid dienone is 2. The number of unbranched alkanes of at least 4 members (excludes halogenated alkanes) is 1. The zero-order valence-electron chi connectivity index (χ0n) is 15.1. The molecule has 0 bridgehead atoms. The highest BCUT2D eigenvalue weighted by Gasteiger charge is 2.07. The standard InChI is InChI=1S/C21H30N2/c1-8-9-10-16(4)21(14-22-7)23-13-19-12-20(15(2)3)18(6)11-17(19)5/h11-12,14,23H,2,4,7-10,13H2,1,3,5-6H3/b21-14-. The highest BCUT2D eigenvalue weighted by atomic mass is 14.9. The van der Waals surface area contributed by atoms with Gasteiger partial charge in [-0.15, -0.1) is 0 Å². The molecule has 2 heteroatoms. The maximum Gasteiger partial charge on any atom is 0.0555 e. The van der Waals surface area contributed by atoms with Crippen LogP contribution in [0, 0.1) is 13.8 Å². The van der Waals surface area contributed by atoms with Crippen molar-refractivity contribution < 1.29 is 0 Å². The first-order valence-electron chi connectivity index (χ1n) is 8.24. The maximum atomic E-state index is 4.17. The van der Waals surface area contributed by atoms with Crippen molar-refractivity contribution in [2.75, 3.05) is 0 Å². The average molecular weight is 310 g/mol. The molecule has 0 aliphatic rings. The Morgan fingerprint density at radius 2 is 1.91 bits per heavy atom. The Hall–Kier alpha value is -2.09. The van der Waals surface area contributed by atoms with Crippen molar-refractivity contribution >= 4 is 12.3 Å². The molecule has 1 rings (SSSR count). The summed E-state index contributed by atoms with van der Waals surface area (Å²) in [7, 11) is 0. The van der Waals surface area contributed by atoms with Crippen LogP contribution in [0.3, 0.4) is 0 Å². The number of hydrogen-bond acceptors (Lipinski definition) is 2. The van der Waals surface area contributed by atoms with Crippen LogP contribution in [0.4, 0.5) is 0 Å². The van der Waals surface area contributed by atoms with E-state index in [4.69, 9.17) is 0 Å². The molecule has 1 aromatic rings. The van der Waals surface area contributed by atoms with Crippen LogP contribution < -0.4 is 5.32 Å². The van der Waals surface area contributed by atoms with Crippen molar-refractivity contribution in [1.29, 1.82) is 0 Å². The van der Waals surface area contributed by atoms with Crippen LogP contribution in [0.15, 0.2) is 47.8 Å². The van der Waals surface area contributed by atoms with Crippen molar-refractivity contribution in [1.82, 2.24) is 5.32 Å². The third-order valence-electron chi connectivity index (χ3n) is 4.05. The summed E-state index contributed by atoms with van der Waals surface area (Å²) in [6.07, 6.45) is 5.04. The molecule has 23 heavy (non-hydrogen) atoms. The van der Waals surface area contributed by atoms with Crippen LogP contribution in [-0.4, -0.2) is 6.72 Å². The first-order chi connectivity index (χ1) is 10.9. The molecule has 0 fully saturated rings. The summed E-state index contributed by atoms with van der Waals surface area (Å²) >= 11 is 0. The van der Waals surface area contributed by atoms with E-state index in [0.717, 1.165) is 42.7 Å². The Bertz CT molecular complexity index is 621. The lowest BCUT2D eigenvalue weighted by molar-refractivity contribution is 0.750. The molecule has 0 aliphatic carbocycles. The normalized spacial score (nSPS) is 11.2. The smallest absolute Gasteiger partial charge is 0.0555 e. The minimum Gasteiger partial charge on any atom is -0.380 e. The molecule has 0 heterocycles. The fourth-order valence-electron chi connectivity index (χ4n) is 2.62. The van der Waals surface area contributed by atoms with Gasteiger partial charge in [-0.2, -0.15) is 0 Å². The van der Waals surface area contributed by atoms with Crippen molar-refractivity contribution in [3.8, 4) is 0 Å². The number of benzene rings is 1. The molecular weight excluding hydrogens is 280 g/mol. The van der Waals surface area contributed by atoms with Crippen LogP contribution in [-0.2, 0) is 6.54 Å². The molecule has 0 aromatic heterocycles. The summed E-state index contributed by atoms with van der Waals surface area (Å²) in [6, 6.07) is 4.45. The monoisotopic (exact) mass is 310 g/mol. The molecule has 0 saturated carbocycles. The first kappa shape index (κ1) is 19.0. The minimum absolute atomic E-state index is 0.749. The molecule has 0 aliphatic heterocycles. The van der Waals surface area contributed by atoms with Gasteiger partial charge in [0.25, 0.3) is 0 Å². The van der Waals surface area contributed by atoms with E-state index in [-0.39, 0.29) is 0 Å². The van der Waals surface area contributed by atoms with Gasteiger partial charge in [0.2, 0.25) is 0 Å². The lowest BCUT2D eigenvalue weighted by Gasteiger charge is -2.16. The Morgan fingerprint density at radius 1 is 1.22 bits per heavy atom. The van der Waals surface area contributed by atoms with Crippen LogP contribution in [0.2, 0.25) is 0 Å². The summed E-state index contributed by atoms with van der Waals surface area (Å²) in [6.45, 7) is 21.1. The quantitative estimate of drug-likeness (QED) is 0.458. The zero-order valence-corrected chi connectivity index (χ0v) is 15.1. The second kappa shape index (κ2) is 9.14. The molecular formula is C21H30N2. The number of nitrogens with zero attached hydrogens (tertiary/aromatic N) is 1. The number of aryl methyl sites for hydroxylation is 2. The van der Waals surface area contributed by atoms with E-state index in [2.05, 4.69) is 70.0 Å². The molecule has 0 amide bonds. The summed E-state index contributed by atoms with van der Waals surface area (Å²) in [4.78, 5) is 3.91. The Morgan fingerprint density at radius 3 is 2.48 bits per heavy atom. The number of hydrogen-bond donors (Lipinski definition) is 1. The second-order valence-corrected chi connectivity index (χ2v) is 6.16. The number of aliphatic imine (C=N–C) groups is 1. The van der Waals surface area contributed by atoms with Gasteiger partial charge in [0, 0.05) is 12.7 Å². The van der Waals surface area contributed by atoms with E-state index < -0.39 is 0 Å². The van der Waals surface area contributed by atoms with Crippen molar-refractivity contribution in [3.63, 3.8) is 0 Å². The van der Waals surface area contributed by atoms with E-state index in [1.807, 2.05) is 0 Å². The average Bonchev–Trinajstić information content (AvgIpc) is 2.50. The van der Waals surface area contributed by atoms with Crippen molar-refractivity contribution in [2.24, 2.45) is 4.99 Å². The van der Waals surface area contributed by atoms with Gasteiger partial charge in [-0.3, -0.25) is 4.99 Å². The summed E-state index contributed by atoms with van der Waals surface area (Å²) in [5.41, 5.74) is 8.21. The van der Waals surface area contributed by atoms with Gasteiger partial charge in [0.15, 0.2) is 0 Å². The van der Waals surface area contributed by atoms with Crippen LogP contribution in [0.25, 0.3) is 5.57 Å². The lowest BCUT2D eigenvalue weighted by Crippen LogP contribution is -2.15. The lowest BCUT2D eigenvalue weighted by atomic mass is 9.96. The maximum absolute atomic E-state index is 4.17. The van der Waals surface area contributed by atoms with Crippen LogP contribution >= 0.6 is 0 Å². The van der Waals surface area contributed by atoms with Gasteiger partial charge in [-0.1, -0.05) is 38.1 Å². The van der Waals surface area contributed by atoms with Gasteiger partial charge in [0.1, 0.15) is 0 Å². The predicted octanol–water partition coefficient (Wildman–Crippen LogP) is 5.71. The Labute approximate surface area is 141 Å². The van der Waals surface area contributed by atoms with Crippen molar-refractivity contribution in [3.05, 3.63) is 65.0 Å². The van der Waals surface area contributed by atoms with Gasteiger partial charge in [-0.05, 0) is 74.2 Å². The van der Waals surface area contributed by atoms with Crippen molar-refractivity contribution in [2.45, 2.75) is 53.5 Å². The summed E-state index contributed by atoms with van der Waals surface area (Å²) in [5.74, 6) is 0. The van der Waals surface area contributed by atoms with Crippen LogP contribution in [0.1, 0.15) is 55.4 Å². The number of nitrogens with one attached hydrogen (secondary N) is 1. The van der Waals surface area contributed by atoms with Gasteiger partial charge in [0.05, 0.1) is 5.70 Å². The molecule has 0 atom stereocenters. The molecule has 0 radical (unpaired) electrons. The summed E-state index contributed by atoms with van der Waals surface area (Å²) < 4.78 is 0. The largest absolute Gasteiger partial charge is 0.380 e. The molecule has 0 spiro atoms. The van der Waals surface area contributed by atoms with Gasteiger partial charge in [-0.25, -0.2) is 0 Å². The SMILES string of the molecule is C=N/C=C(\NCc1cc(C(=C)C)c(C)cc1C)C(=C)CCCC. The van der Waals surface area contributed by atoms with E-state index in [0.29, 0.717) is 0 Å². The topological polar surface area (TPSA) is 24.4 Å². The third kappa shape index (κ3) is 5.55. The van der Waals surface area contributed by atoms with Crippen LogP contribution in [0.5, 0.6) is 0 Å². The minimum atomic E-state index is 0.749. The van der Waals surface area contributed by atoms with Gasteiger partial charge < -0.3 is 5.32 Å². The second-order valence-electron chi connectivity index (χ2n) is 6.16. The van der Waals surface area contributed by atoms with E-state index in [9.17, 15) is 0 Å². The first-order valence-corrected chi connectivity index (χ1v) is 8.24. The molecule has 0 saturated heterocycles. The number of rotatable bonds is 9. The predicted molar refractivity (Wildman–Crippen MR) is 104 cm³/mol. The third-order valence-corrected chi connectivity index (χ3v) is 4.05. The van der Waals surface area contributed by atoms with E-state index in [1.54, 1.807) is 6.20 Å². The summed E-state index contributed by atoms with van der Waals surface area (Å²) in [5, 5.41) is 3.47. The molecule has 1 N–H and O–H groups in total.